The summed E-state index contributed by atoms with van der Waals surface area (Å²) in [6.07, 6.45) is -0.264. The van der Waals surface area contributed by atoms with E-state index in [0.29, 0.717) is 27.5 Å². The molecule has 2 rings (SSSR count). The SMILES string of the molecule is COc1ccc(/C(C)=N\NC(=O)c2ccc(Br)s2)cc1CC(=O)[O-]. The van der Waals surface area contributed by atoms with Gasteiger partial charge in [0.25, 0.3) is 5.91 Å². The monoisotopic (exact) mass is 409 g/mol. The van der Waals surface area contributed by atoms with Crippen LogP contribution in [0.2, 0.25) is 0 Å². The number of hydrogen-bond acceptors (Lipinski definition) is 6. The van der Waals surface area contributed by atoms with Gasteiger partial charge in [-0.3, -0.25) is 4.79 Å². The van der Waals surface area contributed by atoms with Crippen LogP contribution in [0.15, 0.2) is 39.2 Å². The number of carbonyl (C=O) groups is 2. The molecule has 8 heteroatoms. The molecule has 1 heterocycles. The number of halogens is 1. The number of nitrogens with one attached hydrogen (secondary N) is 1. The van der Waals surface area contributed by atoms with E-state index in [9.17, 15) is 14.7 Å². The maximum absolute atomic E-state index is 12.0. The number of carboxylic acid groups (broad SMARTS) is 1. The number of hydrogen-bond donors (Lipinski definition) is 1. The van der Waals surface area contributed by atoms with Gasteiger partial charge in [-0.2, -0.15) is 5.10 Å². The first-order valence-electron chi connectivity index (χ1n) is 6.88. The first-order chi connectivity index (χ1) is 11.4. The summed E-state index contributed by atoms with van der Waals surface area (Å²) in [6.45, 7) is 1.72. The van der Waals surface area contributed by atoms with Crippen LogP contribution in [0.25, 0.3) is 0 Å². The molecule has 1 aromatic carbocycles. The van der Waals surface area contributed by atoms with Gasteiger partial charge in [0.05, 0.1) is 21.5 Å². The Bertz CT molecular complexity index is 801. The summed E-state index contributed by atoms with van der Waals surface area (Å²) >= 11 is 4.60. The Morgan fingerprint density at radius 1 is 1.33 bits per heavy atom. The van der Waals surface area contributed by atoms with Crippen LogP contribution in [0.4, 0.5) is 0 Å². The lowest BCUT2D eigenvalue weighted by atomic mass is 10.0. The second-order valence-electron chi connectivity index (χ2n) is 4.82. The van der Waals surface area contributed by atoms with Crippen molar-refractivity contribution in [2.24, 2.45) is 5.10 Å². The second-order valence-corrected chi connectivity index (χ2v) is 7.28. The van der Waals surface area contributed by atoms with E-state index in [0.717, 1.165) is 3.79 Å². The van der Waals surface area contributed by atoms with Crippen molar-refractivity contribution in [3.8, 4) is 5.75 Å². The lowest BCUT2D eigenvalue weighted by molar-refractivity contribution is -0.304. The van der Waals surface area contributed by atoms with Crippen molar-refractivity contribution < 1.29 is 19.4 Å². The van der Waals surface area contributed by atoms with Gasteiger partial charge in [0.2, 0.25) is 0 Å². The molecular formula is C16H14BrN2O4S-. The van der Waals surface area contributed by atoms with Gasteiger partial charge in [-0.05, 0) is 58.7 Å². The first kappa shape index (κ1) is 18.2. The van der Waals surface area contributed by atoms with Gasteiger partial charge >= 0.3 is 0 Å². The van der Waals surface area contributed by atoms with Crippen molar-refractivity contribution in [2.75, 3.05) is 7.11 Å². The van der Waals surface area contributed by atoms with Gasteiger partial charge < -0.3 is 14.6 Å². The predicted molar refractivity (Wildman–Crippen MR) is 93.4 cm³/mol. The van der Waals surface area contributed by atoms with Crippen molar-refractivity contribution >= 4 is 44.9 Å². The van der Waals surface area contributed by atoms with Crippen LogP contribution in [0.1, 0.15) is 27.7 Å². The Labute approximate surface area is 151 Å². The van der Waals surface area contributed by atoms with E-state index < -0.39 is 5.97 Å². The van der Waals surface area contributed by atoms with Gasteiger partial charge in [-0.15, -0.1) is 11.3 Å². The summed E-state index contributed by atoms with van der Waals surface area (Å²) in [7, 11) is 1.47. The van der Waals surface area contributed by atoms with Crippen molar-refractivity contribution in [1.29, 1.82) is 0 Å². The number of carboxylic acids is 1. The number of rotatable bonds is 6. The molecule has 0 radical (unpaired) electrons. The molecule has 0 spiro atoms. The Morgan fingerprint density at radius 2 is 2.08 bits per heavy atom. The Kier molecular flexibility index (Phi) is 6.10. The minimum atomic E-state index is -1.20. The summed E-state index contributed by atoms with van der Waals surface area (Å²) in [6, 6.07) is 8.53. The first-order valence-corrected chi connectivity index (χ1v) is 8.48. The number of methoxy groups -OCH3 is 1. The Hall–Kier alpha value is -2.19. The highest BCUT2D eigenvalue weighted by Crippen LogP contribution is 2.22. The average Bonchev–Trinajstić information content (AvgIpc) is 2.98. The molecule has 126 valence electrons. The standard InChI is InChI=1S/C16H15BrN2O4S/c1-9(18-19-16(22)13-5-6-14(17)24-13)10-3-4-12(23-2)11(7-10)8-15(20)21/h3-7H,8H2,1-2H3,(H,19,22)(H,20,21)/p-1/b18-9-. The molecule has 1 amide bonds. The molecule has 0 bridgehead atoms. The van der Waals surface area contributed by atoms with E-state index in [1.165, 1.54) is 18.4 Å². The molecule has 2 aromatic rings. The normalized spacial score (nSPS) is 11.2. The van der Waals surface area contributed by atoms with Crippen LogP contribution in [-0.2, 0) is 11.2 Å². The minimum absolute atomic E-state index is 0.264. The van der Waals surface area contributed by atoms with E-state index in [1.807, 2.05) is 0 Å². The third-order valence-electron chi connectivity index (χ3n) is 3.16. The van der Waals surface area contributed by atoms with Crippen molar-refractivity contribution in [2.45, 2.75) is 13.3 Å². The molecule has 1 aromatic heterocycles. The number of ether oxygens (including phenoxy) is 1. The third kappa shape index (κ3) is 4.65. The molecule has 24 heavy (non-hydrogen) atoms. The number of thiophene rings is 1. The number of amides is 1. The summed E-state index contributed by atoms with van der Waals surface area (Å²) in [4.78, 5) is 23.3. The summed E-state index contributed by atoms with van der Waals surface area (Å²) in [5.41, 5.74) is 4.19. The molecular weight excluding hydrogens is 396 g/mol. The topological polar surface area (TPSA) is 90.8 Å². The molecule has 0 unspecified atom stereocenters. The van der Waals surface area contributed by atoms with E-state index in [1.54, 1.807) is 37.3 Å². The smallest absolute Gasteiger partial charge is 0.281 e. The van der Waals surface area contributed by atoms with E-state index in [-0.39, 0.29) is 12.3 Å². The Balaban J connectivity index is 2.17. The van der Waals surface area contributed by atoms with Crippen LogP contribution in [0.5, 0.6) is 5.75 Å². The molecule has 0 saturated carbocycles. The van der Waals surface area contributed by atoms with Crippen molar-refractivity contribution in [1.82, 2.24) is 5.43 Å². The quantitative estimate of drug-likeness (QED) is 0.583. The predicted octanol–water partition coefficient (Wildman–Crippen LogP) is 1.97. The molecule has 0 aliphatic carbocycles. The highest BCUT2D eigenvalue weighted by atomic mass is 79.9. The fourth-order valence-corrected chi connectivity index (χ4v) is 3.26. The van der Waals surface area contributed by atoms with Crippen molar-refractivity contribution in [3.05, 3.63) is 50.1 Å². The van der Waals surface area contributed by atoms with Crippen LogP contribution >= 0.6 is 27.3 Å². The maximum Gasteiger partial charge on any atom is 0.281 e. The largest absolute Gasteiger partial charge is 0.550 e. The zero-order valence-electron chi connectivity index (χ0n) is 13.0. The van der Waals surface area contributed by atoms with E-state index in [4.69, 9.17) is 4.74 Å². The zero-order chi connectivity index (χ0) is 17.7. The molecule has 1 N–H and O–H groups in total. The second kappa shape index (κ2) is 8.07. The molecule has 0 aliphatic rings. The van der Waals surface area contributed by atoms with Crippen LogP contribution in [0.3, 0.4) is 0 Å². The highest BCUT2D eigenvalue weighted by Gasteiger charge is 2.09. The number of nitrogens with zero attached hydrogens (tertiary/aromatic N) is 1. The van der Waals surface area contributed by atoms with Crippen LogP contribution in [-0.4, -0.2) is 24.7 Å². The van der Waals surface area contributed by atoms with Gasteiger partial charge in [-0.25, -0.2) is 5.43 Å². The average molecular weight is 410 g/mol. The lowest BCUT2D eigenvalue weighted by Gasteiger charge is -2.11. The highest BCUT2D eigenvalue weighted by molar-refractivity contribution is 9.11. The molecule has 0 saturated heterocycles. The van der Waals surface area contributed by atoms with E-state index in [2.05, 4.69) is 26.5 Å². The number of aliphatic carboxylic acids is 1. The van der Waals surface area contributed by atoms with Crippen LogP contribution in [0, 0.1) is 0 Å². The summed E-state index contributed by atoms with van der Waals surface area (Å²) < 4.78 is 5.99. The van der Waals surface area contributed by atoms with Gasteiger partial charge in [0.1, 0.15) is 5.75 Å². The number of benzene rings is 1. The lowest BCUT2D eigenvalue weighted by Crippen LogP contribution is -2.24. The maximum atomic E-state index is 12.0. The fraction of sp³-hybridized carbons (Fsp3) is 0.188. The molecule has 0 fully saturated rings. The molecule has 0 aliphatic heterocycles. The molecule has 0 atom stereocenters. The zero-order valence-corrected chi connectivity index (χ0v) is 15.4. The minimum Gasteiger partial charge on any atom is -0.550 e. The molecule has 6 nitrogen and oxygen atoms in total. The van der Waals surface area contributed by atoms with Gasteiger partial charge in [0.15, 0.2) is 0 Å². The van der Waals surface area contributed by atoms with Crippen molar-refractivity contribution in [3.63, 3.8) is 0 Å². The fourth-order valence-electron chi connectivity index (χ4n) is 1.99. The summed E-state index contributed by atoms with van der Waals surface area (Å²) in [5.74, 6) is -1.05. The van der Waals surface area contributed by atoms with Gasteiger partial charge in [-0.1, -0.05) is 0 Å². The third-order valence-corrected chi connectivity index (χ3v) is 4.78. The van der Waals surface area contributed by atoms with Gasteiger partial charge in [0, 0.05) is 18.0 Å². The van der Waals surface area contributed by atoms with Crippen LogP contribution < -0.4 is 15.3 Å². The summed E-state index contributed by atoms with van der Waals surface area (Å²) in [5, 5.41) is 14.9. The Morgan fingerprint density at radius 3 is 2.67 bits per heavy atom. The number of carbonyl (C=O) groups excluding carboxylic acids is 2. The number of hydrazone groups is 1. The van der Waals surface area contributed by atoms with E-state index >= 15 is 0 Å².